The van der Waals surface area contributed by atoms with Crippen molar-refractivity contribution in [3.63, 3.8) is 0 Å². The standard InChI is InChI=1S/C25H39N3O4S/c1-2-26-24(29)28-16-6-15-25(19-32-17-18-33(30,31)27-25)23(28)14-11-20-9-12-22(13-10-20)21-7-4-3-5-8-21/h3-5,7-8,20,22-23,27H,2,6,9-19H2,1H3,(H,26,29). The summed E-state index contributed by atoms with van der Waals surface area (Å²) in [5, 5.41) is 2.93. The largest absolute Gasteiger partial charge is 0.378 e. The number of ether oxygens (including phenoxy) is 1. The number of urea groups is 1. The second kappa shape index (κ2) is 10.7. The molecule has 1 aromatic rings. The average Bonchev–Trinajstić information content (AvgIpc) is 2.97. The second-order valence-corrected chi connectivity index (χ2v) is 11.8. The van der Waals surface area contributed by atoms with Crippen LogP contribution in [0.3, 0.4) is 0 Å². The van der Waals surface area contributed by atoms with Crippen molar-refractivity contribution in [3.05, 3.63) is 35.9 Å². The maximum Gasteiger partial charge on any atom is 0.317 e. The van der Waals surface area contributed by atoms with E-state index in [9.17, 15) is 13.2 Å². The Bertz CT molecular complexity index is 886. The van der Waals surface area contributed by atoms with E-state index in [2.05, 4.69) is 40.4 Å². The first kappa shape index (κ1) is 24.5. The first-order chi connectivity index (χ1) is 15.9. The minimum absolute atomic E-state index is 0.0217. The Balaban J connectivity index is 1.46. The molecule has 2 unspecified atom stereocenters. The highest BCUT2D eigenvalue weighted by molar-refractivity contribution is 7.89. The first-order valence-electron chi connectivity index (χ1n) is 12.6. The van der Waals surface area contributed by atoms with E-state index in [1.807, 2.05) is 11.8 Å². The summed E-state index contributed by atoms with van der Waals surface area (Å²) in [5.41, 5.74) is 0.703. The van der Waals surface area contributed by atoms with E-state index in [1.165, 1.54) is 31.2 Å². The lowest BCUT2D eigenvalue weighted by Crippen LogP contribution is -2.68. The lowest BCUT2D eigenvalue weighted by atomic mass is 9.74. The maximum atomic E-state index is 12.9. The molecule has 2 heterocycles. The summed E-state index contributed by atoms with van der Waals surface area (Å²) in [4.78, 5) is 14.8. The van der Waals surface area contributed by atoms with Gasteiger partial charge in [0.05, 0.1) is 30.5 Å². The SMILES string of the molecule is CCNC(=O)N1CCCC2(COCCS(=O)(=O)N2)C1CCC1CCC(c2ccccc2)CC1. The van der Waals surface area contributed by atoms with Gasteiger partial charge < -0.3 is 15.0 Å². The Morgan fingerprint density at radius 1 is 1.18 bits per heavy atom. The Kier molecular flexibility index (Phi) is 7.97. The second-order valence-electron chi connectivity index (χ2n) is 9.98. The minimum atomic E-state index is -3.44. The van der Waals surface area contributed by atoms with Gasteiger partial charge in [-0.05, 0) is 75.7 Å². The summed E-state index contributed by atoms with van der Waals surface area (Å²) < 4.78 is 34.1. The van der Waals surface area contributed by atoms with Crippen LogP contribution in [0.25, 0.3) is 0 Å². The number of likely N-dealkylation sites (tertiary alicyclic amines) is 1. The number of sulfonamides is 1. The predicted octanol–water partition coefficient (Wildman–Crippen LogP) is 3.62. The number of piperidine rings is 1. The van der Waals surface area contributed by atoms with Gasteiger partial charge in [0.1, 0.15) is 0 Å². The summed E-state index contributed by atoms with van der Waals surface area (Å²) in [5.74, 6) is 1.23. The van der Waals surface area contributed by atoms with Crippen LogP contribution in [0.15, 0.2) is 30.3 Å². The quantitative estimate of drug-likeness (QED) is 0.678. The van der Waals surface area contributed by atoms with Gasteiger partial charge in [0, 0.05) is 13.1 Å². The van der Waals surface area contributed by atoms with Gasteiger partial charge in [0.15, 0.2) is 0 Å². The normalized spacial score (nSPS) is 32.3. The number of nitrogens with one attached hydrogen (secondary N) is 2. The third kappa shape index (κ3) is 5.89. The molecule has 33 heavy (non-hydrogen) atoms. The van der Waals surface area contributed by atoms with E-state index in [0.29, 0.717) is 38.0 Å². The number of hydrogen-bond donors (Lipinski definition) is 2. The zero-order chi connectivity index (χ0) is 23.3. The third-order valence-corrected chi connectivity index (χ3v) is 9.23. The molecule has 4 rings (SSSR count). The van der Waals surface area contributed by atoms with Gasteiger partial charge >= 0.3 is 6.03 Å². The van der Waals surface area contributed by atoms with Crippen LogP contribution in [0.4, 0.5) is 4.79 Å². The van der Waals surface area contributed by atoms with Crippen LogP contribution in [-0.2, 0) is 14.8 Å². The zero-order valence-corrected chi connectivity index (χ0v) is 20.6. The van der Waals surface area contributed by atoms with Gasteiger partial charge in [-0.15, -0.1) is 0 Å². The molecule has 2 amide bonds. The van der Waals surface area contributed by atoms with Gasteiger partial charge in [0.2, 0.25) is 10.0 Å². The summed E-state index contributed by atoms with van der Waals surface area (Å²) in [6.07, 6.45) is 8.02. The lowest BCUT2D eigenvalue weighted by Gasteiger charge is -2.49. The highest BCUT2D eigenvalue weighted by Crippen LogP contribution is 2.40. The van der Waals surface area contributed by atoms with Crippen LogP contribution in [-0.4, -0.2) is 63.0 Å². The van der Waals surface area contributed by atoms with Gasteiger partial charge in [-0.1, -0.05) is 30.3 Å². The van der Waals surface area contributed by atoms with Gasteiger partial charge in [-0.3, -0.25) is 0 Å². The average molecular weight is 478 g/mol. The number of nitrogens with zero attached hydrogens (tertiary/aromatic N) is 1. The molecule has 7 nitrogen and oxygen atoms in total. The molecule has 0 radical (unpaired) electrons. The fourth-order valence-electron chi connectivity index (χ4n) is 6.12. The first-order valence-corrected chi connectivity index (χ1v) is 14.3. The van der Waals surface area contributed by atoms with E-state index in [0.717, 1.165) is 19.3 Å². The molecule has 2 N–H and O–H groups in total. The van der Waals surface area contributed by atoms with Crippen molar-refractivity contribution in [1.82, 2.24) is 14.9 Å². The Labute approximate surface area is 198 Å². The molecule has 2 aliphatic heterocycles. The highest BCUT2D eigenvalue weighted by Gasteiger charge is 2.49. The number of hydrogen-bond acceptors (Lipinski definition) is 4. The molecule has 2 atom stereocenters. The fraction of sp³-hybridized carbons (Fsp3) is 0.720. The molecule has 0 aromatic heterocycles. The summed E-state index contributed by atoms with van der Waals surface area (Å²) >= 11 is 0. The van der Waals surface area contributed by atoms with Gasteiger partial charge in [-0.25, -0.2) is 17.9 Å². The number of carbonyl (C=O) groups excluding carboxylic acids is 1. The molecule has 0 bridgehead atoms. The highest BCUT2D eigenvalue weighted by atomic mass is 32.2. The predicted molar refractivity (Wildman–Crippen MR) is 130 cm³/mol. The van der Waals surface area contributed by atoms with Gasteiger partial charge in [0.25, 0.3) is 0 Å². The van der Waals surface area contributed by atoms with Gasteiger partial charge in [-0.2, -0.15) is 0 Å². The van der Waals surface area contributed by atoms with Crippen molar-refractivity contribution in [2.75, 3.05) is 32.1 Å². The molecule has 3 fully saturated rings. The maximum absolute atomic E-state index is 12.9. The number of amides is 2. The molecule has 184 valence electrons. The van der Waals surface area contributed by atoms with Crippen molar-refractivity contribution in [3.8, 4) is 0 Å². The fourth-order valence-corrected chi connectivity index (χ4v) is 7.47. The molecule has 8 heteroatoms. The summed E-state index contributed by atoms with van der Waals surface area (Å²) in [6, 6.07) is 10.5. The van der Waals surface area contributed by atoms with Crippen LogP contribution in [0.5, 0.6) is 0 Å². The minimum Gasteiger partial charge on any atom is -0.378 e. The van der Waals surface area contributed by atoms with Crippen LogP contribution in [0.1, 0.15) is 69.8 Å². The third-order valence-electron chi connectivity index (χ3n) is 7.81. The molecular weight excluding hydrogens is 438 g/mol. The Morgan fingerprint density at radius 2 is 1.94 bits per heavy atom. The molecule has 1 aromatic carbocycles. The molecule has 1 aliphatic carbocycles. The Morgan fingerprint density at radius 3 is 2.67 bits per heavy atom. The summed E-state index contributed by atoms with van der Waals surface area (Å²) in [7, 11) is -3.44. The van der Waals surface area contributed by atoms with E-state index < -0.39 is 15.6 Å². The van der Waals surface area contributed by atoms with E-state index >= 15 is 0 Å². The molecule has 1 saturated carbocycles. The molecule has 3 aliphatic rings. The topological polar surface area (TPSA) is 87.7 Å². The number of carbonyl (C=O) groups is 1. The van der Waals surface area contributed by atoms with Crippen molar-refractivity contribution in [1.29, 1.82) is 0 Å². The molecular formula is C25H39N3O4S. The van der Waals surface area contributed by atoms with Crippen LogP contribution < -0.4 is 10.0 Å². The van der Waals surface area contributed by atoms with Crippen LogP contribution >= 0.6 is 0 Å². The van der Waals surface area contributed by atoms with Crippen molar-refractivity contribution >= 4 is 16.1 Å². The Hall–Kier alpha value is -1.64. The monoisotopic (exact) mass is 477 g/mol. The van der Waals surface area contributed by atoms with Crippen molar-refractivity contribution in [2.24, 2.45) is 5.92 Å². The van der Waals surface area contributed by atoms with E-state index in [4.69, 9.17) is 4.74 Å². The van der Waals surface area contributed by atoms with E-state index in [1.54, 1.807) is 0 Å². The van der Waals surface area contributed by atoms with Crippen molar-refractivity contribution in [2.45, 2.75) is 75.8 Å². The molecule has 1 spiro atoms. The number of benzene rings is 1. The lowest BCUT2D eigenvalue weighted by molar-refractivity contribution is 0.0108. The van der Waals surface area contributed by atoms with E-state index in [-0.39, 0.29) is 24.4 Å². The smallest absolute Gasteiger partial charge is 0.317 e. The van der Waals surface area contributed by atoms with Crippen LogP contribution in [0, 0.1) is 5.92 Å². The number of rotatable bonds is 5. The summed E-state index contributed by atoms with van der Waals surface area (Å²) in [6.45, 7) is 3.65. The zero-order valence-electron chi connectivity index (χ0n) is 19.8. The van der Waals surface area contributed by atoms with Crippen molar-refractivity contribution < 1.29 is 17.9 Å². The molecule has 2 saturated heterocycles. The van der Waals surface area contributed by atoms with Crippen LogP contribution in [0.2, 0.25) is 0 Å².